The Morgan fingerprint density at radius 2 is 2.00 bits per heavy atom. The third-order valence-electron chi connectivity index (χ3n) is 5.56. The predicted octanol–water partition coefficient (Wildman–Crippen LogP) is 2.66. The number of hydrogen-bond donors (Lipinski definition) is 1. The molecule has 2 heterocycles. The van der Waals surface area contributed by atoms with Crippen LogP contribution >= 0.6 is 0 Å². The van der Waals surface area contributed by atoms with Crippen LogP contribution in [0.25, 0.3) is 0 Å². The van der Waals surface area contributed by atoms with Gasteiger partial charge >= 0.3 is 0 Å². The number of nitrogens with one attached hydrogen (secondary N) is 1. The van der Waals surface area contributed by atoms with Crippen LogP contribution in [0.15, 0.2) is 71.9 Å². The second-order valence-corrected chi connectivity index (χ2v) is 9.97. The molecule has 0 saturated carbocycles. The van der Waals surface area contributed by atoms with E-state index in [2.05, 4.69) is 9.82 Å². The first kappa shape index (κ1) is 23.2. The summed E-state index contributed by atoms with van der Waals surface area (Å²) >= 11 is 0. The summed E-state index contributed by atoms with van der Waals surface area (Å²) in [6.45, 7) is 1.90. The van der Waals surface area contributed by atoms with Crippen molar-refractivity contribution in [1.82, 2.24) is 19.4 Å². The number of aromatic nitrogens is 2. The molecule has 1 N–H and O–H groups in total. The minimum atomic E-state index is -3.73. The third kappa shape index (κ3) is 6.07. The predicted molar refractivity (Wildman–Crippen MR) is 124 cm³/mol. The van der Waals surface area contributed by atoms with Crippen molar-refractivity contribution in [2.75, 3.05) is 20.2 Å². The monoisotopic (exact) mass is 468 g/mol. The Morgan fingerprint density at radius 3 is 2.76 bits per heavy atom. The molecule has 0 unspecified atom stereocenters. The minimum Gasteiger partial charge on any atom is -0.377 e. The third-order valence-corrected chi connectivity index (χ3v) is 6.98. The smallest absolute Gasteiger partial charge is 0.253 e. The molecule has 1 aromatic heterocycles. The Balaban J connectivity index is 1.38. The van der Waals surface area contributed by atoms with Gasteiger partial charge in [-0.15, -0.1) is 0 Å². The lowest BCUT2D eigenvalue weighted by Crippen LogP contribution is -2.32. The zero-order valence-electron chi connectivity index (χ0n) is 18.6. The second-order valence-electron chi connectivity index (χ2n) is 8.21. The number of carbonyl (C=O) groups is 1. The summed E-state index contributed by atoms with van der Waals surface area (Å²) in [5, 5.41) is 4.38. The molecule has 1 aliphatic rings. The summed E-state index contributed by atoms with van der Waals surface area (Å²) in [6.07, 6.45) is 5.33. The summed E-state index contributed by atoms with van der Waals surface area (Å²) in [7, 11) is -2.04. The van der Waals surface area contributed by atoms with E-state index < -0.39 is 10.0 Å². The Labute approximate surface area is 194 Å². The van der Waals surface area contributed by atoms with Crippen LogP contribution in [-0.4, -0.2) is 55.3 Å². The fourth-order valence-electron chi connectivity index (χ4n) is 3.80. The van der Waals surface area contributed by atoms with Crippen LogP contribution < -0.4 is 4.72 Å². The average molecular weight is 469 g/mol. The van der Waals surface area contributed by atoms with Gasteiger partial charge in [0, 0.05) is 44.1 Å². The molecule has 0 spiro atoms. The largest absolute Gasteiger partial charge is 0.377 e. The first-order chi connectivity index (χ1) is 15.9. The Bertz CT molecular complexity index is 1190. The van der Waals surface area contributed by atoms with Crippen molar-refractivity contribution in [1.29, 1.82) is 0 Å². The summed E-state index contributed by atoms with van der Waals surface area (Å²) < 4.78 is 35.2. The van der Waals surface area contributed by atoms with Gasteiger partial charge in [-0.3, -0.25) is 9.48 Å². The van der Waals surface area contributed by atoms with Crippen molar-refractivity contribution < 1.29 is 17.9 Å². The van der Waals surface area contributed by atoms with Crippen molar-refractivity contribution in [2.45, 2.75) is 36.9 Å². The van der Waals surface area contributed by atoms with Gasteiger partial charge in [0.1, 0.15) is 0 Å². The van der Waals surface area contributed by atoms with Gasteiger partial charge in [0.15, 0.2) is 0 Å². The normalized spacial score (nSPS) is 16.1. The maximum absolute atomic E-state index is 13.0. The Kier molecular flexibility index (Phi) is 7.22. The van der Waals surface area contributed by atoms with Crippen molar-refractivity contribution in [3.8, 4) is 0 Å². The molecule has 1 amide bonds. The standard InChI is InChI=1S/C24H28N4O4S/c1-27(16-20-14-25-28(18-20)17-19-7-3-2-4-8-19)24(29)21-9-5-11-23(13-21)33(30,31)26-15-22-10-6-12-32-22/h2-5,7-9,11,13-14,18,22,26H,6,10,12,15-17H2,1H3/t22-/m0/s1. The Morgan fingerprint density at radius 1 is 1.18 bits per heavy atom. The van der Waals surface area contributed by atoms with E-state index in [1.165, 1.54) is 12.1 Å². The van der Waals surface area contributed by atoms with Crippen LogP contribution in [0.2, 0.25) is 0 Å². The maximum Gasteiger partial charge on any atom is 0.253 e. The number of benzene rings is 2. The molecule has 33 heavy (non-hydrogen) atoms. The molecular weight excluding hydrogens is 440 g/mol. The van der Waals surface area contributed by atoms with Gasteiger partial charge in [-0.2, -0.15) is 5.10 Å². The highest BCUT2D eigenvalue weighted by molar-refractivity contribution is 7.89. The summed E-state index contributed by atoms with van der Waals surface area (Å²) in [5.74, 6) is -0.262. The summed E-state index contributed by atoms with van der Waals surface area (Å²) in [6, 6.07) is 16.1. The maximum atomic E-state index is 13.0. The zero-order valence-corrected chi connectivity index (χ0v) is 19.4. The summed E-state index contributed by atoms with van der Waals surface area (Å²) in [4.78, 5) is 14.6. The van der Waals surface area contributed by atoms with Gasteiger partial charge in [0.25, 0.3) is 5.91 Å². The molecule has 9 heteroatoms. The first-order valence-electron chi connectivity index (χ1n) is 10.9. The van der Waals surface area contributed by atoms with E-state index in [1.54, 1.807) is 30.3 Å². The van der Waals surface area contributed by atoms with E-state index in [0.29, 0.717) is 25.3 Å². The van der Waals surface area contributed by atoms with Crippen LogP contribution in [0.1, 0.15) is 34.3 Å². The van der Waals surface area contributed by atoms with E-state index in [1.807, 2.05) is 41.2 Å². The average Bonchev–Trinajstić information content (AvgIpc) is 3.50. The molecule has 0 radical (unpaired) electrons. The fourth-order valence-corrected chi connectivity index (χ4v) is 4.91. The van der Waals surface area contributed by atoms with Crippen LogP contribution in [0.3, 0.4) is 0 Å². The molecule has 3 aromatic rings. The minimum absolute atomic E-state index is 0.0652. The SMILES string of the molecule is CN(Cc1cnn(Cc2ccccc2)c1)C(=O)c1cccc(S(=O)(=O)NC[C@@H]2CCCO2)c1. The molecule has 0 aliphatic carbocycles. The van der Waals surface area contributed by atoms with Crippen molar-refractivity contribution in [3.63, 3.8) is 0 Å². The number of rotatable bonds is 9. The lowest BCUT2D eigenvalue weighted by Gasteiger charge is -2.17. The summed E-state index contributed by atoms with van der Waals surface area (Å²) in [5.41, 5.74) is 2.35. The van der Waals surface area contributed by atoms with Crippen LogP contribution in [-0.2, 0) is 27.8 Å². The van der Waals surface area contributed by atoms with E-state index in [-0.39, 0.29) is 23.5 Å². The van der Waals surface area contributed by atoms with E-state index >= 15 is 0 Å². The van der Waals surface area contributed by atoms with Gasteiger partial charge in [0.2, 0.25) is 10.0 Å². The lowest BCUT2D eigenvalue weighted by atomic mass is 10.2. The molecule has 2 aromatic carbocycles. The highest BCUT2D eigenvalue weighted by Gasteiger charge is 2.22. The lowest BCUT2D eigenvalue weighted by molar-refractivity contribution is 0.0785. The number of sulfonamides is 1. The van der Waals surface area contributed by atoms with Crippen molar-refractivity contribution in [2.24, 2.45) is 0 Å². The molecule has 0 bridgehead atoms. The second kappa shape index (κ2) is 10.3. The molecule has 1 atom stereocenters. The molecule has 174 valence electrons. The van der Waals surface area contributed by atoms with E-state index in [4.69, 9.17) is 4.74 Å². The highest BCUT2D eigenvalue weighted by Crippen LogP contribution is 2.16. The first-order valence-corrected chi connectivity index (χ1v) is 12.4. The number of hydrogen-bond acceptors (Lipinski definition) is 5. The van der Waals surface area contributed by atoms with Crippen molar-refractivity contribution >= 4 is 15.9 Å². The number of carbonyl (C=O) groups excluding carboxylic acids is 1. The molecular formula is C24H28N4O4S. The molecule has 1 fully saturated rings. The van der Waals surface area contributed by atoms with Gasteiger partial charge in [-0.25, -0.2) is 13.1 Å². The fraction of sp³-hybridized carbons (Fsp3) is 0.333. The molecule has 1 saturated heterocycles. The highest BCUT2D eigenvalue weighted by atomic mass is 32.2. The van der Waals surface area contributed by atoms with Crippen molar-refractivity contribution in [3.05, 3.63) is 83.7 Å². The van der Waals surface area contributed by atoms with Gasteiger partial charge in [0.05, 0.1) is 23.7 Å². The number of amides is 1. The number of nitrogens with zero attached hydrogens (tertiary/aromatic N) is 3. The van der Waals surface area contributed by atoms with Gasteiger partial charge in [-0.1, -0.05) is 36.4 Å². The van der Waals surface area contributed by atoms with E-state index in [0.717, 1.165) is 24.0 Å². The van der Waals surface area contributed by atoms with Crippen LogP contribution in [0.5, 0.6) is 0 Å². The Hall–Kier alpha value is -3.01. The quantitative estimate of drug-likeness (QED) is 0.521. The topological polar surface area (TPSA) is 93.5 Å². The van der Waals surface area contributed by atoms with E-state index in [9.17, 15) is 13.2 Å². The van der Waals surface area contributed by atoms with Gasteiger partial charge in [-0.05, 0) is 36.6 Å². The molecule has 8 nitrogen and oxygen atoms in total. The van der Waals surface area contributed by atoms with Gasteiger partial charge < -0.3 is 9.64 Å². The van der Waals surface area contributed by atoms with Crippen LogP contribution in [0, 0.1) is 0 Å². The van der Waals surface area contributed by atoms with Crippen LogP contribution in [0.4, 0.5) is 0 Å². The number of ether oxygens (including phenoxy) is 1. The molecule has 4 rings (SSSR count). The molecule has 1 aliphatic heterocycles. The zero-order chi connectivity index (χ0) is 23.3.